The van der Waals surface area contributed by atoms with E-state index < -0.39 is 10.0 Å². The first kappa shape index (κ1) is 19.8. The molecule has 2 aliphatic rings. The molecular formula is C21H25N3O4S. The van der Waals surface area contributed by atoms with Crippen LogP contribution in [0.3, 0.4) is 0 Å². The van der Waals surface area contributed by atoms with Gasteiger partial charge in [0, 0.05) is 56.8 Å². The fraction of sp³-hybridized carbons (Fsp3) is 0.429. The largest absolute Gasteiger partial charge is 0.474 e. The van der Waals surface area contributed by atoms with Crippen LogP contribution in [0.5, 0.6) is 5.88 Å². The second kappa shape index (κ2) is 7.76. The second-order valence-corrected chi connectivity index (χ2v) is 9.94. The van der Waals surface area contributed by atoms with Gasteiger partial charge in [-0.25, -0.2) is 17.7 Å². The van der Waals surface area contributed by atoms with Crippen LogP contribution in [0.15, 0.2) is 53.6 Å². The minimum Gasteiger partial charge on any atom is -0.474 e. The summed E-state index contributed by atoms with van der Waals surface area (Å²) in [5, 5.41) is 0. The summed E-state index contributed by atoms with van der Waals surface area (Å²) in [6.45, 7) is 0. The summed E-state index contributed by atoms with van der Waals surface area (Å²) in [7, 11) is -0.526. The van der Waals surface area contributed by atoms with Crippen LogP contribution in [-0.4, -0.2) is 60.8 Å². The smallest absolute Gasteiger partial charge is 0.254 e. The van der Waals surface area contributed by atoms with Gasteiger partial charge in [0.15, 0.2) is 0 Å². The Bertz CT molecular complexity index is 963. The lowest BCUT2D eigenvalue weighted by molar-refractivity contribution is 0.0348. The number of hydrogen-bond donors (Lipinski definition) is 0. The van der Waals surface area contributed by atoms with Crippen LogP contribution in [0.2, 0.25) is 0 Å². The highest BCUT2D eigenvalue weighted by Crippen LogP contribution is 2.38. The minimum atomic E-state index is -3.50. The highest BCUT2D eigenvalue weighted by Gasteiger charge is 2.44. The fourth-order valence-electron chi connectivity index (χ4n) is 4.27. The van der Waals surface area contributed by atoms with Crippen molar-refractivity contribution in [3.8, 4) is 5.88 Å². The number of aromatic nitrogens is 1. The highest BCUT2D eigenvalue weighted by molar-refractivity contribution is 7.89. The topological polar surface area (TPSA) is 79.8 Å². The normalized spacial score (nSPS) is 24.0. The van der Waals surface area contributed by atoms with E-state index in [1.165, 1.54) is 26.2 Å². The Morgan fingerprint density at radius 2 is 1.72 bits per heavy atom. The molecule has 2 saturated heterocycles. The van der Waals surface area contributed by atoms with Crippen molar-refractivity contribution in [3.05, 3.63) is 54.2 Å². The molecule has 1 aromatic carbocycles. The molecule has 2 bridgehead atoms. The number of piperidine rings is 1. The Morgan fingerprint density at radius 3 is 2.28 bits per heavy atom. The van der Waals surface area contributed by atoms with Crippen LogP contribution < -0.4 is 4.74 Å². The quantitative estimate of drug-likeness (QED) is 0.750. The third-order valence-electron chi connectivity index (χ3n) is 5.73. The fourth-order valence-corrected chi connectivity index (χ4v) is 5.17. The number of carbonyl (C=O) groups is 1. The average Bonchev–Trinajstić information content (AvgIpc) is 2.98. The van der Waals surface area contributed by atoms with E-state index in [4.69, 9.17) is 4.74 Å². The molecule has 0 spiro atoms. The zero-order valence-corrected chi connectivity index (χ0v) is 17.4. The van der Waals surface area contributed by atoms with E-state index in [0.29, 0.717) is 11.4 Å². The number of pyridine rings is 1. The Morgan fingerprint density at radius 1 is 1.07 bits per heavy atom. The maximum absolute atomic E-state index is 13.1. The van der Waals surface area contributed by atoms with Crippen molar-refractivity contribution in [2.24, 2.45) is 0 Å². The predicted molar refractivity (Wildman–Crippen MR) is 108 cm³/mol. The van der Waals surface area contributed by atoms with Gasteiger partial charge in [-0.05, 0) is 43.2 Å². The molecule has 2 unspecified atom stereocenters. The molecule has 7 nitrogen and oxygen atoms in total. The predicted octanol–water partition coefficient (Wildman–Crippen LogP) is 2.55. The summed E-state index contributed by atoms with van der Waals surface area (Å²) in [6.07, 6.45) is 5.26. The summed E-state index contributed by atoms with van der Waals surface area (Å²) >= 11 is 0. The third-order valence-corrected chi connectivity index (χ3v) is 7.56. The van der Waals surface area contributed by atoms with Crippen LogP contribution in [0, 0.1) is 0 Å². The SMILES string of the molecule is CN(C)S(=O)(=O)c1ccc(C(=O)N2C3CCC2CC(Oc2ccccn2)C3)cc1. The van der Waals surface area contributed by atoms with E-state index >= 15 is 0 Å². The molecule has 8 heteroatoms. The van der Waals surface area contributed by atoms with Gasteiger partial charge in [-0.1, -0.05) is 6.07 Å². The van der Waals surface area contributed by atoms with Gasteiger partial charge in [-0.2, -0.15) is 0 Å². The molecule has 0 aliphatic carbocycles. The summed E-state index contributed by atoms with van der Waals surface area (Å²) < 4.78 is 31.6. The van der Waals surface area contributed by atoms with Crippen molar-refractivity contribution in [3.63, 3.8) is 0 Å². The van der Waals surface area contributed by atoms with E-state index in [1.54, 1.807) is 18.3 Å². The third kappa shape index (κ3) is 3.86. The number of sulfonamides is 1. The van der Waals surface area contributed by atoms with Crippen LogP contribution in [0.25, 0.3) is 0 Å². The molecule has 0 N–H and O–H groups in total. The zero-order chi connectivity index (χ0) is 20.6. The Kier molecular flexibility index (Phi) is 5.31. The van der Waals surface area contributed by atoms with Crippen molar-refractivity contribution in [1.82, 2.24) is 14.2 Å². The lowest BCUT2D eigenvalue weighted by Crippen LogP contribution is -2.49. The van der Waals surface area contributed by atoms with Gasteiger partial charge in [0.1, 0.15) is 6.10 Å². The first-order valence-electron chi connectivity index (χ1n) is 9.79. The highest BCUT2D eigenvalue weighted by atomic mass is 32.2. The number of carbonyl (C=O) groups excluding carboxylic acids is 1. The molecule has 29 heavy (non-hydrogen) atoms. The van der Waals surface area contributed by atoms with Crippen molar-refractivity contribution in [1.29, 1.82) is 0 Å². The minimum absolute atomic E-state index is 0.0393. The van der Waals surface area contributed by atoms with Crippen molar-refractivity contribution < 1.29 is 17.9 Å². The van der Waals surface area contributed by atoms with Crippen LogP contribution in [0.4, 0.5) is 0 Å². The monoisotopic (exact) mass is 415 g/mol. The summed E-state index contributed by atoms with van der Waals surface area (Å²) in [4.78, 5) is 19.5. The van der Waals surface area contributed by atoms with Gasteiger partial charge in [-0.3, -0.25) is 4.79 Å². The number of fused-ring (bicyclic) bond motifs is 2. The van der Waals surface area contributed by atoms with E-state index in [1.807, 2.05) is 23.1 Å². The van der Waals surface area contributed by atoms with E-state index in [0.717, 1.165) is 30.0 Å². The zero-order valence-electron chi connectivity index (χ0n) is 16.6. The van der Waals surface area contributed by atoms with Crippen molar-refractivity contribution in [2.75, 3.05) is 14.1 Å². The van der Waals surface area contributed by atoms with E-state index in [9.17, 15) is 13.2 Å². The van der Waals surface area contributed by atoms with Gasteiger partial charge in [0.05, 0.1) is 4.90 Å². The van der Waals surface area contributed by atoms with Gasteiger partial charge in [-0.15, -0.1) is 0 Å². The molecule has 2 fully saturated rings. The molecule has 0 saturated carbocycles. The molecule has 2 aliphatic heterocycles. The lowest BCUT2D eigenvalue weighted by atomic mass is 9.98. The molecular weight excluding hydrogens is 390 g/mol. The first-order valence-corrected chi connectivity index (χ1v) is 11.2. The van der Waals surface area contributed by atoms with Gasteiger partial charge < -0.3 is 9.64 Å². The second-order valence-electron chi connectivity index (χ2n) is 7.79. The Balaban J connectivity index is 1.46. The van der Waals surface area contributed by atoms with Crippen LogP contribution >= 0.6 is 0 Å². The first-order chi connectivity index (χ1) is 13.9. The van der Waals surface area contributed by atoms with Gasteiger partial charge in [0.25, 0.3) is 5.91 Å². The van der Waals surface area contributed by atoms with Crippen LogP contribution in [-0.2, 0) is 10.0 Å². The van der Waals surface area contributed by atoms with Crippen LogP contribution in [0.1, 0.15) is 36.0 Å². The van der Waals surface area contributed by atoms with Gasteiger partial charge in [0.2, 0.25) is 15.9 Å². The number of nitrogens with zero attached hydrogens (tertiary/aromatic N) is 3. The van der Waals surface area contributed by atoms with Crippen molar-refractivity contribution >= 4 is 15.9 Å². The van der Waals surface area contributed by atoms with E-state index in [2.05, 4.69) is 4.98 Å². The molecule has 2 atom stereocenters. The summed E-state index contributed by atoms with van der Waals surface area (Å²) in [5.74, 6) is 0.581. The van der Waals surface area contributed by atoms with E-state index in [-0.39, 0.29) is 29.0 Å². The number of rotatable bonds is 5. The maximum Gasteiger partial charge on any atom is 0.254 e. The number of ether oxygens (including phenoxy) is 1. The molecule has 1 aromatic heterocycles. The van der Waals surface area contributed by atoms with Gasteiger partial charge >= 0.3 is 0 Å². The molecule has 0 radical (unpaired) electrons. The molecule has 4 rings (SSSR count). The number of benzene rings is 1. The summed E-state index contributed by atoms with van der Waals surface area (Å²) in [6, 6.07) is 12.1. The molecule has 154 valence electrons. The molecule has 3 heterocycles. The number of amides is 1. The lowest BCUT2D eigenvalue weighted by Gasteiger charge is -2.38. The van der Waals surface area contributed by atoms with Crippen molar-refractivity contribution in [2.45, 2.75) is 48.8 Å². The standard InChI is InChI=1S/C21H25N3O4S/c1-23(2)29(26,27)19-10-6-15(7-11-19)21(25)24-16-8-9-17(24)14-18(13-16)28-20-5-3-4-12-22-20/h3-7,10-12,16-18H,8-9,13-14H2,1-2H3. The molecule has 1 amide bonds. The Hall–Kier alpha value is -2.45. The average molecular weight is 416 g/mol. The molecule has 2 aromatic rings. The Labute approximate surface area is 171 Å². The number of hydrogen-bond acceptors (Lipinski definition) is 5. The summed E-state index contributed by atoms with van der Waals surface area (Å²) in [5.41, 5.74) is 0.517. The maximum atomic E-state index is 13.1.